The van der Waals surface area contributed by atoms with E-state index in [0.29, 0.717) is 34.6 Å². The molecule has 0 aromatic carbocycles. The predicted molar refractivity (Wildman–Crippen MR) is 247 cm³/mol. The summed E-state index contributed by atoms with van der Waals surface area (Å²) in [5.74, 6) is 2.77. The average Bonchev–Trinajstić information content (AvgIpc) is 3.16. The van der Waals surface area contributed by atoms with Gasteiger partial charge in [0.15, 0.2) is 5.05 Å². The summed E-state index contributed by atoms with van der Waals surface area (Å²) in [6.45, 7) is 19.2. The number of aliphatic hydroxyl groups excluding tert-OH is 1. The lowest BCUT2D eigenvalue weighted by atomic mass is 9.49. The maximum absolute atomic E-state index is 12.4. The van der Waals surface area contributed by atoms with Gasteiger partial charge in [-0.15, -0.1) is 0 Å². The van der Waals surface area contributed by atoms with Crippen LogP contribution in [0.2, 0.25) is 0 Å². The lowest BCUT2D eigenvalue weighted by molar-refractivity contribution is -0.0306. The SMILES string of the molecule is CCCCCCCCCC(CC)C(C(CC)CCCCCCCCC)C(C(O)=S)(C(CC)CCCCCCCCC)C(CC)CCCCCCCCC. The molecule has 0 amide bonds. The van der Waals surface area contributed by atoms with Crippen molar-refractivity contribution in [3.05, 3.63) is 0 Å². The average molecular weight is 763 g/mol. The van der Waals surface area contributed by atoms with Gasteiger partial charge in [0.1, 0.15) is 0 Å². The van der Waals surface area contributed by atoms with E-state index in [1.54, 1.807) is 0 Å². The van der Waals surface area contributed by atoms with Crippen LogP contribution >= 0.6 is 12.2 Å². The van der Waals surface area contributed by atoms with Crippen LogP contribution < -0.4 is 0 Å². The Morgan fingerprint density at radius 3 is 0.830 bits per heavy atom. The van der Waals surface area contributed by atoms with Crippen LogP contribution in [0, 0.1) is 35.0 Å². The molecule has 318 valence electrons. The van der Waals surface area contributed by atoms with Crippen LogP contribution in [0.4, 0.5) is 0 Å². The van der Waals surface area contributed by atoms with Gasteiger partial charge in [0, 0.05) is 5.41 Å². The molecule has 0 saturated carbocycles. The smallest absolute Gasteiger partial charge is 0.163 e. The summed E-state index contributed by atoms with van der Waals surface area (Å²) in [5.41, 5.74) is -0.243. The Morgan fingerprint density at radius 2 is 0.604 bits per heavy atom. The van der Waals surface area contributed by atoms with Crippen LogP contribution in [0.5, 0.6) is 0 Å². The van der Waals surface area contributed by atoms with Gasteiger partial charge < -0.3 is 5.11 Å². The lowest BCUT2D eigenvalue weighted by Crippen LogP contribution is -2.54. The molecule has 0 bridgehead atoms. The molecule has 0 aromatic rings. The van der Waals surface area contributed by atoms with E-state index in [2.05, 4.69) is 55.4 Å². The summed E-state index contributed by atoms with van der Waals surface area (Å²) in [6, 6.07) is 0. The first-order chi connectivity index (χ1) is 25.9. The van der Waals surface area contributed by atoms with Crippen molar-refractivity contribution in [1.29, 1.82) is 0 Å². The molecule has 4 unspecified atom stereocenters. The Labute approximate surface area is 342 Å². The predicted octanol–water partition coefficient (Wildman–Crippen LogP) is 19.1. The molecule has 0 aromatic heterocycles. The van der Waals surface area contributed by atoms with Gasteiger partial charge in [-0.25, -0.2) is 0 Å². The zero-order valence-corrected chi connectivity index (χ0v) is 39.0. The van der Waals surface area contributed by atoms with Crippen molar-refractivity contribution in [1.82, 2.24) is 0 Å². The summed E-state index contributed by atoms with van der Waals surface area (Å²) in [6.07, 6.45) is 48.2. The van der Waals surface area contributed by atoms with E-state index in [1.165, 1.54) is 218 Å². The number of hydrogen-bond acceptors (Lipinski definition) is 1. The van der Waals surface area contributed by atoms with Crippen LogP contribution in [-0.2, 0) is 0 Å². The van der Waals surface area contributed by atoms with Gasteiger partial charge in [-0.05, 0) is 54.6 Å². The van der Waals surface area contributed by atoms with Gasteiger partial charge in [-0.1, -0.05) is 274 Å². The van der Waals surface area contributed by atoms with Crippen LogP contribution in [0.25, 0.3) is 0 Å². The van der Waals surface area contributed by atoms with Crippen molar-refractivity contribution in [2.75, 3.05) is 0 Å². The number of aliphatic hydroxyl groups is 1. The van der Waals surface area contributed by atoms with E-state index in [4.69, 9.17) is 12.2 Å². The van der Waals surface area contributed by atoms with Crippen molar-refractivity contribution < 1.29 is 5.11 Å². The Morgan fingerprint density at radius 1 is 0.358 bits per heavy atom. The van der Waals surface area contributed by atoms with Crippen LogP contribution in [0.1, 0.15) is 287 Å². The summed E-state index contributed by atoms with van der Waals surface area (Å²) in [4.78, 5) is 0. The topological polar surface area (TPSA) is 20.2 Å². The minimum Gasteiger partial charge on any atom is -0.502 e. The largest absolute Gasteiger partial charge is 0.502 e. The monoisotopic (exact) mass is 763 g/mol. The molecular weight excluding hydrogens is 661 g/mol. The Balaban J connectivity index is 6.74. The van der Waals surface area contributed by atoms with Gasteiger partial charge >= 0.3 is 0 Å². The number of unbranched alkanes of at least 4 members (excludes halogenated alkanes) is 24. The molecule has 0 rings (SSSR count). The molecule has 0 heterocycles. The highest BCUT2D eigenvalue weighted by Crippen LogP contribution is 2.58. The Bertz CT molecular complexity index is 709. The minimum absolute atomic E-state index is 0.243. The highest BCUT2D eigenvalue weighted by Gasteiger charge is 2.56. The van der Waals surface area contributed by atoms with Gasteiger partial charge in [0.05, 0.1) is 0 Å². The molecule has 1 nitrogen and oxygen atoms in total. The van der Waals surface area contributed by atoms with Crippen molar-refractivity contribution in [3.8, 4) is 0 Å². The van der Waals surface area contributed by atoms with E-state index >= 15 is 0 Å². The first-order valence-electron chi connectivity index (χ1n) is 25.1. The Hall–Kier alpha value is -0.110. The van der Waals surface area contributed by atoms with Gasteiger partial charge in [-0.3, -0.25) is 0 Å². The molecular formula is C51H102OS. The molecule has 0 aliphatic carbocycles. The summed E-state index contributed by atoms with van der Waals surface area (Å²) in [7, 11) is 0. The van der Waals surface area contributed by atoms with E-state index in [1.807, 2.05) is 0 Å². The minimum atomic E-state index is -0.243. The number of hydrogen-bond donors (Lipinski definition) is 1. The maximum atomic E-state index is 12.4. The van der Waals surface area contributed by atoms with Crippen LogP contribution in [0.3, 0.4) is 0 Å². The van der Waals surface area contributed by atoms with Crippen molar-refractivity contribution in [3.63, 3.8) is 0 Å². The van der Waals surface area contributed by atoms with E-state index < -0.39 is 0 Å². The van der Waals surface area contributed by atoms with E-state index in [0.717, 1.165) is 12.8 Å². The molecule has 53 heavy (non-hydrogen) atoms. The van der Waals surface area contributed by atoms with Crippen molar-refractivity contribution >= 4 is 17.3 Å². The fourth-order valence-electron chi connectivity index (χ4n) is 10.8. The molecule has 0 saturated heterocycles. The van der Waals surface area contributed by atoms with Crippen LogP contribution in [-0.4, -0.2) is 10.2 Å². The third kappa shape index (κ3) is 22.4. The second kappa shape index (κ2) is 37.5. The second-order valence-electron chi connectivity index (χ2n) is 18.0. The summed E-state index contributed by atoms with van der Waals surface area (Å²) in [5, 5.41) is 12.9. The lowest BCUT2D eigenvalue weighted by Gasteiger charge is -2.55. The van der Waals surface area contributed by atoms with Crippen molar-refractivity contribution in [2.45, 2.75) is 287 Å². The van der Waals surface area contributed by atoms with Crippen molar-refractivity contribution in [2.24, 2.45) is 35.0 Å². The molecule has 0 radical (unpaired) electrons. The fourth-order valence-corrected chi connectivity index (χ4v) is 11.3. The third-order valence-electron chi connectivity index (χ3n) is 14.0. The zero-order chi connectivity index (χ0) is 39.4. The second-order valence-corrected chi connectivity index (χ2v) is 18.3. The molecule has 0 aliphatic rings. The molecule has 2 heteroatoms. The van der Waals surface area contributed by atoms with Gasteiger partial charge in [0.25, 0.3) is 0 Å². The molecule has 0 spiro atoms. The molecule has 1 N–H and O–H groups in total. The van der Waals surface area contributed by atoms with E-state index in [9.17, 15) is 5.11 Å². The fraction of sp³-hybridized carbons (Fsp3) is 0.980. The van der Waals surface area contributed by atoms with Gasteiger partial charge in [0.2, 0.25) is 0 Å². The summed E-state index contributed by atoms with van der Waals surface area (Å²) >= 11 is 6.37. The Kier molecular flexibility index (Phi) is 37.4. The normalized spacial score (nSPS) is 15.9. The number of thiocarbonyl (C=S) groups is 1. The van der Waals surface area contributed by atoms with Crippen LogP contribution in [0.15, 0.2) is 0 Å². The maximum Gasteiger partial charge on any atom is 0.163 e. The zero-order valence-electron chi connectivity index (χ0n) is 38.2. The first kappa shape index (κ1) is 52.9. The summed E-state index contributed by atoms with van der Waals surface area (Å²) < 4.78 is 0. The molecule has 0 fully saturated rings. The van der Waals surface area contributed by atoms with Gasteiger partial charge in [-0.2, -0.15) is 0 Å². The quantitative estimate of drug-likeness (QED) is 0.0494. The number of rotatable bonds is 42. The third-order valence-corrected chi connectivity index (χ3v) is 14.3. The molecule has 4 atom stereocenters. The molecule has 0 aliphatic heterocycles. The highest BCUT2D eigenvalue weighted by molar-refractivity contribution is 7.80. The van der Waals surface area contributed by atoms with E-state index in [-0.39, 0.29) is 5.41 Å². The first-order valence-corrected chi connectivity index (χ1v) is 25.5. The highest BCUT2D eigenvalue weighted by atomic mass is 32.1. The standard InChI is InChI=1S/C51H102OS/c1-9-17-21-25-29-33-37-41-45(13-5)49(46(14-6)42-38-34-30-26-22-18-10-2)51(50(52)53,47(15-7)43-39-35-31-27-23-19-11-3)48(16-8)44-40-36-32-28-24-20-12-4/h45-49H,9-44H2,1-8H3,(H,52,53).